The molecular formula is C32H38N6O2. The van der Waals surface area contributed by atoms with Crippen LogP contribution in [0.3, 0.4) is 0 Å². The van der Waals surface area contributed by atoms with Crippen LogP contribution in [-0.4, -0.2) is 46.1 Å². The van der Waals surface area contributed by atoms with Crippen LogP contribution in [-0.2, 0) is 13.1 Å². The van der Waals surface area contributed by atoms with Crippen molar-refractivity contribution in [3.63, 3.8) is 0 Å². The molecule has 5 heterocycles. The smallest absolute Gasteiger partial charge is 0.253 e. The number of aromatic nitrogens is 3. The van der Waals surface area contributed by atoms with Gasteiger partial charge in [0.1, 0.15) is 5.82 Å². The van der Waals surface area contributed by atoms with Crippen LogP contribution in [0.4, 0.5) is 5.82 Å². The molecule has 2 unspecified atom stereocenters. The summed E-state index contributed by atoms with van der Waals surface area (Å²) in [5.74, 6) is 1.52. The number of hydrogen-bond donors (Lipinski definition) is 3. The van der Waals surface area contributed by atoms with Gasteiger partial charge in [-0.3, -0.25) is 9.59 Å². The standard InChI is InChI=1S/C32H38N6O2/c1-5-10-37-16-20(3)30-25(31(39)35-15-26-19(2)11-21(4)36-32(26)40)12-24(13-28(30)37)22-6-7-29(34-14-22)38-17-23-8-9-33-27(23)18-38/h6-7,11-14,16,23,27,33H,5,8-10,15,17-18H2,1-4H3,(H,35,39)(H,36,40). The SMILES string of the molecule is CCCn1cc(C)c2c(C(=O)NCc3c(C)cc(C)[nH]c3=O)cc(-c3ccc(N4CC5CCNC5C4)nc3)cc21. The van der Waals surface area contributed by atoms with Crippen LogP contribution in [0.2, 0.25) is 0 Å². The number of H-pyrrole nitrogens is 1. The predicted octanol–water partition coefficient (Wildman–Crippen LogP) is 4.45. The number of aryl methyl sites for hydroxylation is 4. The number of rotatable bonds is 7. The Kier molecular flexibility index (Phi) is 6.96. The zero-order valence-electron chi connectivity index (χ0n) is 23.8. The lowest BCUT2D eigenvalue weighted by Gasteiger charge is -2.19. The van der Waals surface area contributed by atoms with Gasteiger partial charge in [0.2, 0.25) is 0 Å². The molecule has 3 N–H and O–H groups in total. The first-order valence-corrected chi connectivity index (χ1v) is 14.4. The van der Waals surface area contributed by atoms with Gasteiger partial charge in [0, 0.05) is 77.9 Å². The Morgan fingerprint density at radius 2 is 1.95 bits per heavy atom. The second-order valence-corrected chi connectivity index (χ2v) is 11.5. The van der Waals surface area contributed by atoms with Crippen molar-refractivity contribution in [3.8, 4) is 11.1 Å². The molecule has 2 aliphatic rings. The van der Waals surface area contributed by atoms with Crippen LogP contribution in [0.1, 0.15) is 52.5 Å². The topological polar surface area (TPSA) is 95.0 Å². The maximum absolute atomic E-state index is 13.7. The number of aromatic amines is 1. The van der Waals surface area contributed by atoms with Crippen LogP contribution in [0, 0.1) is 26.7 Å². The number of carbonyl (C=O) groups is 1. The number of nitrogens with zero attached hydrogens (tertiary/aromatic N) is 3. The molecule has 0 radical (unpaired) electrons. The zero-order valence-corrected chi connectivity index (χ0v) is 23.8. The summed E-state index contributed by atoms with van der Waals surface area (Å²) in [6.45, 7) is 12.2. The highest BCUT2D eigenvalue weighted by Crippen LogP contribution is 2.33. The third-order valence-electron chi connectivity index (χ3n) is 8.57. The maximum atomic E-state index is 13.7. The number of pyridine rings is 2. The molecular weight excluding hydrogens is 500 g/mol. The molecule has 0 aliphatic carbocycles. The summed E-state index contributed by atoms with van der Waals surface area (Å²) < 4.78 is 2.23. The highest BCUT2D eigenvalue weighted by Gasteiger charge is 2.36. The molecule has 208 valence electrons. The molecule has 40 heavy (non-hydrogen) atoms. The van der Waals surface area contributed by atoms with Crippen molar-refractivity contribution in [2.45, 2.75) is 59.7 Å². The molecule has 2 fully saturated rings. The van der Waals surface area contributed by atoms with Crippen molar-refractivity contribution in [2.75, 3.05) is 24.5 Å². The minimum absolute atomic E-state index is 0.162. The van der Waals surface area contributed by atoms with Crippen molar-refractivity contribution in [1.82, 2.24) is 25.2 Å². The number of amides is 1. The molecule has 1 aromatic carbocycles. The molecule has 4 aromatic rings. The monoisotopic (exact) mass is 538 g/mol. The van der Waals surface area contributed by atoms with Gasteiger partial charge in [-0.2, -0.15) is 0 Å². The first kappa shape index (κ1) is 26.3. The second-order valence-electron chi connectivity index (χ2n) is 11.5. The molecule has 0 bridgehead atoms. The summed E-state index contributed by atoms with van der Waals surface area (Å²) in [6.07, 6.45) is 6.28. The van der Waals surface area contributed by atoms with Gasteiger partial charge < -0.3 is 25.1 Å². The van der Waals surface area contributed by atoms with Gasteiger partial charge in [0.05, 0.1) is 0 Å². The summed E-state index contributed by atoms with van der Waals surface area (Å²) >= 11 is 0. The van der Waals surface area contributed by atoms with Gasteiger partial charge >= 0.3 is 0 Å². The first-order valence-electron chi connectivity index (χ1n) is 14.4. The number of fused-ring (bicyclic) bond motifs is 2. The van der Waals surface area contributed by atoms with Crippen LogP contribution in [0.25, 0.3) is 22.0 Å². The normalized spacial score (nSPS) is 18.4. The molecule has 6 rings (SSSR count). The summed E-state index contributed by atoms with van der Waals surface area (Å²) in [5, 5.41) is 7.58. The Labute approximate surface area is 234 Å². The number of carbonyl (C=O) groups excluding carboxylic acids is 1. The third kappa shape index (κ3) is 4.81. The Bertz CT molecular complexity index is 1620. The van der Waals surface area contributed by atoms with Crippen molar-refractivity contribution in [2.24, 2.45) is 5.92 Å². The van der Waals surface area contributed by atoms with Gasteiger partial charge in [-0.1, -0.05) is 6.92 Å². The largest absolute Gasteiger partial charge is 0.355 e. The van der Waals surface area contributed by atoms with E-state index in [1.54, 1.807) is 0 Å². The molecule has 0 saturated carbocycles. The Morgan fingerprint density at radius 3 is 2.67 bits per heavy atom. The fourth-order valence-electron chi connectivity index (χ4n) is 6.55. The number of hydrogen-bond acceptors (Lipinski definition) is 5. The van der Waals surface area contributed by atoms with E-state index in [9.17, 15) is 9.59 Å². The molecule has 2 aliphatic heterocycles. The summed E-state index contributed by atoms with van der Waals surface area (Å²) in [4.78, 5) is 36.3. The van der Waals surface area contributed by atoms with Gasteiger partial charge in [-0.25, -0.2) is 4.98 Å². The molecule has 8 nitrogen and oxygen atoms in total. The summed E-state index contributed by atoms with van der Waals surface area (Å²) in [5.41, 5.74) is 6.74. The number of nitrogens with one attached hydrogen (secondary N) is 3. The Morgan fingerprint density at radius 1 is 1.10 bits per heavy atom. The van der Waals surface area contributed by atoms with Gasteiger partial charge in [0.25, 0.3) is 11.5 Å². The number of benzene rings is 1. The van der Waals surface area contributed by atoms with Crippen LogP contribution in [0.15, 0.2) is 47.5 Å². The number of anilines is 1. The van der Waals surface area contributed by atoms with E-state index in [0.717, 1.165) is 77.3 Å². The Balaban J connectivity index is 1.33. The minimum atomic E-state index is -0.191. The maximum Gasteiger partial charge on any atom is 0.253 e. The zero-order chi connectivity index (χ0) is 28.0. The third-order valence-corrected chi connectivity index (χ3v) is 8.57. The van der Waals surface area contributed by atoms with E-state index >= 15 is 0 Å². The van der Waals surface area contributed by atoms with Crippen LogP contribution < -0.4 is 21.1 Å². The fraction of sp³-hybridized carbons (Fsp3) is 0.406. The Hall–Kier alpha value is -3.91. The van der Waals surface area contributed by atoms with E-state index in [4.69, 9.17) is 4.98 Å². The van der Waals surface area contributed by atoms with Gasteiger partial charge in [0.15, 0.2) is 0 Å². The molecule has 2 saturated heterocycles. The highest BCUT2D eigenvalue weighted by molar-refractivity contribution is 6.09. The summed E-state index contributed by atoms with van der Waals surface area (Å²) in [7, 11) is 0. The van der Waals surface area contributed by atoms with Gasteiger partial charge in [-0.15, -0.1) is 0 Å². The minimum Gasteiger partial charge on any atom is -0.355 e. The highest BCUT2D eigenvalue weighted by atomic mass is 16.1. The average Bonchev–Trinajstić information content (AvgIpc) is 3.62. The van der Waals surface area contributed by atoms with E-state index in [-0.39, 0.29) is 18.0 Å². The van der Waals surface area contributed by atoms with Crippen LogP contribution in [0.5, 0.6) is 0 Å². The molecule has 8 heteroatoms. The van der Waals surface area contributed by atoms with Crippen molar-refractivity contribution < 1.29 is 4.79 Å². The van der Waals surface area contributed by atoms with E-state index in [1.807, 2.05) is 32.2 Å². The van der Waals surface area contributed by atoms with Crippen LogP contribution >= 0.6 is 0 Å². The van der Waals surface area contributed by atoms with Gasteiger partial charge in [-0.05, 0) is 93.1 Å². The molecule has 1 amide bonds. The first-order chi connectivity index (χ1) is 19.3. The van der Waals surface area contributed by atoms with Crippen molar-refractivity contribution in [3.05, 3.63) is 81.0 Å². The summed E-state index contributed by atoms with van der Waals surface area (Å²) in [6, 6.07) is 10.8. The van der Waals surface area contributed by atoms with E-state index in [2.05, 4.69) is 63.3 Å². The molecule has 0 spiro atoms. The second kappa shape index (κ2) is 10.6. The van der Waals surface area contributed by atoms with E-state index in [1.165, 1.54) is 6.42 Å². The van der Waals surface area contributed by atoms with Crippen molar-refractivity contribution in [1.29, 1.82) is 0 Å². The van der Waals surface area contributed by atoms with E-state index in [0.29, 0.717) is 23.1 Å². The molecule has 2 atom stereocenters. The van der Waals surface area contributed by atoms with Crippen molar-refractivity contribution >= 4 is 22.6 Å². The lowest BCUT2D eigenvalue weighted by atomic mass is 9.98. The average molecular weight is 539 g/mol. The fourth-order valence-corrected chi connectivity index (χ4v) is 6.55. The molecule has 3 aromatic heterocycles. The van der Waals surface area contributed by atoms with E-state index < -0.39 is 0 Å². The lowest BCUT2D eigenvalue weighted by molar-refractivity contribution is 0.0952. The lowest BCUT2D eigenvalue weighted by Crippen LogP contribution is -2.30. The predicted molar refractivity (Wildman–Crippen MR) is 160 cm³/mol. The quantitative estimate of drug-likeness (QED) is 0.323.